The van der Waals surface area contributed by atoms with Crippen LogP contribution in [0, 0.1) is 0 Å². The van der Waals surface area contributed by atoms with Crippen LogP contribution in [0.1, 0.15) is 0 Å². The fourth-order valence-electron chi connectivity index (χ4n) is 1.93. The van der Waals surface area contributed by atoms with Gasteiger partial charge in [-0.2, -0.15) is 0 Å². The number of rotatable bonds is 7. The molecule has 0 saturated heterocycles. The van der Waals surface area contributed by atoms with E-state index in [2.05, 4.69) is 5.32 Å². The number of carbonyl (C=O) groups excluding carboxylic acids is 1. The average molecular weight is 317 g/mol. The molecule has 0 atom stereocenters. The summed E-state index contributed by atoms with van der Waals surface area (Å²) in [7, 11) is 4.66. The molecular formula is C17H19NO5. The summed E-state index contributed by atoms with van der Waals surface area (Å²) in [4.78, 5) is 12.0. The van der Waals surface area contributed by atoms with E-state index in [1.165, 1.54) is 7.11 Å². The summed E-state index contributed by atoms with van der Waals surface area (Å²) < 4.78 is 20.9. The van der Waals surface area contributed by atoms with Crippen LogP contribution in [0.15, 0.2) is 42.5 Å². The summed E-state index contributed by atoms with van der Waals surface area (Å²) in [5.74, 6) is 2.09. The third-order valence-corrected chi connectivity index (χ3v) is 3.09. The van der Waals surface area contributed by atoms with Crippen molar-refractivity contribution in [1.82, 2.24) is 0 Å². The highest BCUT2D eigenvalue weighted by Gasteiger charge is 2.10. The Labute approximate surface area is 134 Å². The number of hydrogen-bond donors (Lipinski definition) is 1. The maximum absolute atomic E-state index is 12.0. The van der Waals surface area contributed by atoms with Crippen molar-refractivity contribution in [3.8, 4) is 23.0 Å². The number of benzene rings is 2. The molecule has 0 unspecified atom stereocenters. The highest BCUT2D eigenvalue weighted by molar-refractivity contribution is 5.93. The molecule has 2 rings (SSSR count). The van der Waals surface area contributed by atoms with E-state index in [1.807, 2.05) is 0 Å². The van der Waals surface area contributed by atoms with Gasteiger partial charge in [0, 0.05) is 12.1 Å². The Kier molecular flexibility index (Phi) is 5.68. The Bertz CT molecular complexity index is 672. The lowest BCUT2D eigenvalue weighted by Gasteiger charge is -2.12. The van der Waals surface area contributed by atoms with Gasteiger partial charge >= 0.3 is 0 Å². The summed E-state index contributed by atoms with van der Waals surface area (Å²) in [6, 6.07) is 12.2. The third kappa shape index (κ3) is 4.54. The SMILES string of the molecule is COc1cccc(OCC(=O)Nc2ccc(OC)cc2OC)c1. The number of amides is 1. The molecule has 0 spiro atoms. The van der Waals surface area contributed by atoms with Crippen LogP contribution in [0.3, 0.4) is 0 Å². The van der Waals surface area contributed by atoms with E-state index in [1.54, 1.807) is 56.7 Å². The van der Waals surface area contributed by atoms with E-state index < -0.39 is 0 Å². The average Bonchev–Trinajstić information content (AvgIpc) is 2.60. The minimum atomic E-state index is -0.295. The Morgan fingerprint density at radius 1 is 0.913 bits per heavy atom. The van der Waals surface area contributed by atoms with Crippen LogP contribution >= 0.6 is 0 Å². The van der Waals surface area contributed by atoms with Gasteiger partial charge in [0.25, 0.3) is 5.91 Å². The molecule has 0 heterocycles. The molecule has 6 heteroatoms. The monoisotopic (exact) mass is 317 g/mol. The second-order valence-corrected chi connectivity index (χ2v) is 4.58. The first kappa shape index (κ1) is 16.5. The Morgan fingerprint density at radius 2 is 1.61 bits per heavy atom. The lowest BCUT2D eigenvalue weighted by atomic mass is 10.2. The molecular weight excluding hydrogens is 298 g/mol. The van der Waals surface area contributed by atoms with Crippen LogP contribution in [0.2, 0.25) is 0 Å². The van der Waals surface area contributed by atoms with E-state index in [-0.39, 0.29) is 12.5 Å². The minimum Gasteiger partial charge on any atom is -0.497 e. The summed E-state index contributed by atoms with van der Waals surface area (Å²) in [6.45, 7) is -0.123. The molecule has 0 aliphatic heterocycles. The van der Waals surface area contributed by atoms with Gasteiger partial charge in [-0.25, -0.2) is 0 Å². The molecule has 0 saturated carbocycles. The molecule has 23 heavy (non-hydrogen) atoms. The maximum Gasteiger partial charge on any atom is 0.262 e. The van der Waals surface area contributed by atoms with Crippen molar-refractivity contribution in [1.29, 1.82) is 0 Å². The third-order valence-electron chi connectivity index (χ3n) is 3.09. The van der Waals surface area contributed by atoms with Gasteiger partial charge in [-0.1, -0.05) is 6.07 Å². The van der Waals surface area contributed by atoms with Gasteiger partial charge in [0.1, 0.15) is 23.0 Å². The fourth-order valence-corrected chi connectivity index (χ4v) is 1.93. The molecule has 0 aliphatic rings. The maximum atomic E-state index is 12.0. The Balaban J connectivity index is 1.96. The van der Waals surface area contributed by atoms with E-state index in [0.717, 1.165) is 0 Å². The van der Waals surface area contributed by atoms with Crippen LogP contribution in [0.25, 0.3) is 0 Å². The van der Waals surface area contributed by atoms with Gasteiger partial charge in [0.2, 0.25) is 0 Å². The molecule has 6 nitrogen and oxygen atoms in total. The normalized spacial score (nSPS) is 9.87. The van der Waals surface area contributed by atoms with E-state index >= 15 is 0 Å². The van der Waals surface area contributed by atoms with Crippen molar-refractivity contribution in [3.63, 3.8) is 0 Å². The molecule has 1 amide bonds. The van der Waals surface area contributed by atoms with Gasteiger partial charge in [0.15, 0.2) is 6.61 Å². The number of hydrogen-bond acceptors (Lipinski definition) is 5. The van der Waals surface area contributed by atoms with Crippen molar-refractivity contribution >= 4 is 11.6 Å². The van der Waals surface area contributed by atoms with Crippen molar-refractivity contribution in [2.45, 2.75) is 0 Å². The zero-order chi connectivity index (χ0) is 16.7. The first-order valence-electron chi connectivity index (χ1n) is 6.95. The molecule has 0 aliphatic carbocycles. The summed E-state index contributed by atoms with van der Waals surface area (Å²) >= 11 is 0. The summed E-state index contributed by atoms with van der Waals surface area (Å²) in [5.41, 5.74) is 0.549. The predicted molar refractivity (Wildman–Crippen MR) is 86.7 cm³/mol. The lowest BCUT2D eigenvalue weighted by molar-refractivity contribution is -0.118. The van der Waals surface area contributed by atoms with Crippen LogP contribution in [-0.2, 0) is 4.79 Å². The molecule has 0 fully saturated rings. The second-order valence-electron chi connectivity index (χ2n) is 4.58. The summed E-state index contributed by atoms with van der Waals surface area (Å²) in [6.07, 6.45) is 0. The minimum absolute atomic E-state index is 0.123. The van der Waals surface area contributed by atoms with Crippen molar-refractivity contribution < 1.29 is 23.7 Å². The van der Waals surface area contributed by atoms with Crippen LogP contribution in [0.5, 0.6) is 23.0 Å². The van der Waals surface area contributed by atoms with Crippen molar-refractivity contribution in [3.05, 3.63) is 42.5 Å². The molecule has 0 aromatic heterocycles. The number of carbonyl (C=O) groups is 1. The molecule has 2 aromatic rings. The van der Waals surface area contributed by atoms with E-state index in [0.29, 0.717) is 28.7 Å². The number of ether oxygens (including phenoxy) is 4. The molecule has 0 bridgehead atoms. The van der Waals surface area contributed by atoms with Crippen LogP contribution in [-0.4, -0.2) is 33.8 Å². The highest BCUT2D eigenvalue weighted by Crippen LogP contribution is 2.29. The molecule has 1 N–H and O–H groups in total. The molecule has 0 radical (unpaired) electrons. The molecule has 122 valence electrons. The topological polar surface area (TPSA) is 66.0 Å². The first-order chi connectivity index (χ1) is 11.2. The van der Waals surface area contributed by atoms with Crippen molar-refractivity contribution in [2.24, 2.45) is 0 Å². The molecule has 2 aromatic carbocycles. The first-order valence-corrected chi connectivity index (χ1v) is 6.95. The van der Waals surface area contributed by atoms with Crippen molar-refractivity contribution in [2.75, 3.05) is 33.3 Å². The van der Waals surface area contributed by atoms with Gasteiger partial charge in [-0.3, -0.25) is 4.79 Å². The lowest BCUT2D eigenvalue weighted by Crippen LogP contribution is -2.20. The summed E-state index contributed by atoms with van der Waals surface area (Å²) in [5, 5.41) is 2.74. The van der Waals surface area contributed by atoms with Crippen LogP contribution < -0.4 is 24.3 Å². The van der Waals surface area contributed by atoms with E-state index in [9.17, 15) is 4.79 Å². The van der Waals surface area contributed by atoms with Gasteiger partial charge in [-0.15, -0.1) is 0 Å². The second kappa shape index (κ2) is 7.93. The van der Waals surface area contributed by atoms with Gasteiger partial charge in [-0.05, 0) is 24.3 Å². The van der Waals surface area contributed by atoms with Crippen LogP contribution in [0.4, 0.5) is 5.69 Å². The Morgan fingerprint density at radius 3 is 2.30 bits per heavy atom. The number of methoxy groups -OCH3 is 3. The number of nitrogens with one attached hydrogen (secondary N) is 1. The number of anilines is 1. The fraction of sp³-hybridized carbons (Fsp3) is 0.235. The zero-order valence-corrected chi connectivity index (χ0v) is 13.3. The predicted octanol–water partition coefficient (Wildman–Crippen LogP) is 2.73. The van der Waals surface area contributed by atoms with E-state index in [4.69, 9.17) is 18.9 Å². The van der Waals surface area contributed by atoms with Gasteiger partial charge in [0.05, 0.1) is 27.0 Å². The largest absolute Gasteiger partial charge is 0.497 e. The Hall–Kier alpha value is -2.89. The smallest absolute Gasteiger partial charge is 0.262 e. The highest BCUT2D eigenvalue weighted by atomic mass is 16.5. The van der Waals surface area contributed by atoms with Gasteiger partial charge < -0.3 is 24.3 Å². The zero-order valence-electron chi connectivity index (χ0n) is 13.3. The quantitative estimate of drug-likeness (QED) is 0.850. The standard InChI is InChI=1S/C17H19NO5/c1-20-12-5-4-6-14(9-12)23-11-17(19)18-15-8-7-13(21-2)10-16(15)22-3/h4-10H,11H2,1-3H3,(H,18,19).